The number of aliphatic hydroxyl groups excluding tert-OH is 1. The molecule has 0 saturated carbocycles. The van der Waals surface area contributed by atoms with Crippen LogP contribution in [0.4, 0.5) is 9.52 Å². The molecule has 0 bridgehead atoms. The first-order chi connectivity index (χ1) is 17.9. The van der Waals surface area contributed by atoms with Crippen molar-refractivity contribution in [2.45, 2.75) is 6.04 Å². The topological polar surface area (TPSA) is 98.2 Å². The van der Waals surface area contributed by atoms with Gasteiger partial charge in [0.05, 0.1) is 43.2 Å². The van der Waals surface area contributed by atoms with Gasteiger partial charge in [-0.05, 0) is 60.2 Å². The lowest BCUT2D eigenvalue weighted by Crippen LogP contribution is -2.29. The molecular weight excluding hydrogens is 499 g/mol. The third kappa shape index (κ3) is 4.15. The number of thiazole rings is 1. The fraction of sp³-hybridized carbons (Fsp3) is 0.148. The Bertz CT molecular complexity index is 1560. The average molecular weight is 521 g/mol. The van der Waals surface area contributed by atoms with E-state index >= 15 is 0 Å². The molecule has 0 spiro atoms. The number of ether oxygens (including phenoxy) is 3. The molecule has 1 atom stereocenters. The second-order valence-corrected chi connectivity index (χ2v) is 9.13. The maximum Gasteiger partial charge on any atom is 0.301 e. The van der Waals surface area contributed by atoms with Crippen molar-refractivity contribution < 1.29 is 33.3 Å². The largest absolute Gasteiger partial charge is 0.507 e. The van der Waals surface area contributed by atoms with Crippen molar-refractivity contribution in [2.75, 3.05) is 26.2 Å². The van der Waals surface area contributed by atoms with E-state index in [4.69, 9.17) is 14.2 Å². The number of nitrogens with zero attached hydrogens (tertiary/aromatic N) is 2. The van der Waals surface area contributed by atoms with Gasteiger partial charge in [-0.25, -0.2) is 9.37 Å². The van der Waals surface area contributed by atoms with E-state index in [2.05, 4.69) is 4.98 Å². The van der Waals surface area contributed by atoms with E-state index in [-0.39, 0.29) is 16.3 Å². The van der Waals surface area contributed by atoms with Gasteiger partial charge in [-0.3, -0.25) is 14.5 Å². The van der Waals surface area contributed by atoms with Gasteiger partial charge in [0.1, 0.15) is 17.3 Å². The lowest BCUT2D eigenvalue weighted by atomic mass is 9.95. The Morgan fingerprint density at radius 1 is 0.946 bits per heavy atom. The standard InChI is InChI=1S/C27H21FN2O6S/c1-34-17-9-10-18-21(13-17)37-27(29-18)30-23(15-6-11-19(35-2)20(12-15)36-3)22(25(32)26(30)33)24(31)14-4-7-16(28)8-5-14/h4-13,23,31H,1-3H3/t23-/m0/s1. The van der Waals surface area contributed by atoms with Crippen LogP contribution in [-0.2, 0) is 9.59 Å². The van der Waals surface area contributed by atoms with Gasteiger partial charge < -0.3 is 19.3 Å². The van der Waals surface area contributed by atoms with Crippen molar-refractivity contribution in [1.82, 2.24) is 4.98 Å². The monoisotopic (exact) mass is 520 g/mol. The summed E-state index contributed by atoms with van der Waals surface area (Å²) in [6, 6.07) is 14.2. The Morgan fingerprint density at radius 3 is 2.35 bits per heavy atom. The van der Waals surface area contributed by atoms with Gasteiger partial charge in [-0.15, -0.1) is 0 Å². The van der Waals surface area contributed by atoms with E-state index in [9.17, 15) is 19.1 Å². The second-order valence-electron chi connectivity index (χ2n) is 8.12. The number of rotatable bonds is 6. The molecule has 10 heteroatoms. The van der Waals surface area contributed by atoms with Gasteiger partial charge in [0.25, 0.3) is 5.78 Å². The molecule has 4 aromatic rings. The van der Waals surface area contributed by atoms with Gasteiger partial charge in [-0.1, -0.05) is 17.4 Å². The fourth-order valence-corrected chi connectivity index (χ4v) is 5.27. The molecule has 8 nitrogen and oxygen atoms in total. The Balaban J connectivity index is 1.73. The number of hydrogen-bond donors (Lipinski definition) is 1. The summed E-state index contributed by atoms with van der Waals surface area (Å²) in [5, 5.41) is 11.5. The smallest absolute Gasteiger partial charge is 0.301 e. The SMILES string of the molecule is COc1ccc2nc(N3C(=O)C(=O)C(=C(O)c4ccc(F)cc4)[C@@H]3c3ccc(OC)c(OC)c3)sc2c1. The maximum absolute atomic E-state index is 13.5. The number of fused-ring (bicyclic) bond motifs is 1. The summed E-state index contributed by atoms with van der Waals surface area (Å²) in [6.45, 7) is 0. The van der Waals surface area contributed by atoms with Crippen LogP contribution in [0.3, 0.4) is 0 Å². The number of anilines is 1. The molecule has 0 aliphatic carbocycles. The Morgan fingerprint density at radius 2 is 1.68 bits per heavy atom. The minimum Gasteiger partial charge on any atom is -0.507 e. The first-order valence-corrected chi connectivity index (χ1v) is 11.9. The highest BCUT2D eigenvalue weighted by Crippen LogP contribution is 2.46. The minimum absolute atomic E-state index is 0.152. The first kappa shape index (κ1) is 24.3. The van der Waals surface area contributed by atoms with Crippen LogP contribution in [0.25, 0.3) is 16.0 Å². The number of benzene rings is 3. The number of ketones is 1. The summed E-state index contributed by atoms with van der Waals surface area (Å²) < 4.78 is 30.3. The molecule has 1 saturated heterocycles. The van der Waals surface area contributed by atoms with Crippen LogP contribution in [0.5, 0.6) is 17.2 Å². The van der Waals surface area contributed by atoms with Crippen molar-refractivity contribution in [3.05, 3.63) is 83.2 Å². The number of aliphatic hydroxyl groups is 1. The molecular formula is C27H21FN2O6S. The first-order valence-electron chi connectivity index (χ1n) is 11.1. The quantitative estimate of drug-likeness (QED) is 0.215. The molecule has 188 valence electrons. The van der Waals surface area contributed by atoms with Crippen LogP contribution in [0.2, 0.25) is 0 Å². The van der Waals surface area contributed by atoms with Gasteiger partial charge in [0, 0.05) is 5.56 Å². The van der Waals surface area contributed by atoms with Crippen molar-refractivity contribution in [3.63, 3.8) is 0 Å². The molecule has 1 aliphatic rings. The average Bonchev–Trinajstić information content (AvgIpc) is 3.45. The highest BCUT2D eigenvalue weighted by atomic mass is 32.1. The molecule has 2 heterocycles. The normalized spacial score (nSPS) is 16.9. The predicted octanol–water partition coefficient (Wildman–Crippen LogP) is 5.09. The second kappa shape index (κ2) is 9.55. The van der Waals surface area contributed by atoms with Gasteiger partial charge in [0.2, 0.25) is 0 Å². The summed E-state index contributed by atoms with van der Waals surface area (Å²) in [5.41, 5.74) is 1.14. The predicted molar refractivity (Wildman–Crippen MR) is 137 cm³/mol. The summed E-state index contributed by atoms with van der Waals surface area (Å²) in [6.07, 6.45) is 0. The van der Waals surface area contributed by atoms with Gasteiger partial charge >= 0.3 is 5.91 Å². The van der Waals surface area contributed by atoms with E-state index in [1.165, 1.54) is 42.6 Å². The van der Waals surface area contributed by atoms with Crippen molar-refractivity contribution in [3.8, 4) is 17.2 Å². The van der Waals surface area contributed by atoms with Gasteiger partial charge in [-0.2, -0.15) is 0 Å². The number of carbonyl (C=O) groups is 2. The van der Waals surface area contributed by atoms with E-state index in [1.807, 2.05) is 0 Å². The zero-order chi connectivity index (χ0) is 26.3. The number of hydrogen-bond acceptors (Lipinski definition) is 8. The molecule has 3 aromatic carbocycles. The van der Waals surface area contributed by atoms with Crippen molar-refractivity contribution >= 4 is 44.1 Å². The Hall–Kier alpha value is -4.44. The minimum atomic E-state index is -1.03. The van der Waals surface area contributed by atoms with E-state index in [0.717, 1.165) is 16.8 Å². The number of amides is 1. The maximum atomic E-state index is 13.5. The fourth-order valence-electron chi connectivity index (χ4n) is 4.25. The highest BCUT2D eigenvalue weighted by Gasteiger charge is 2.48. The van der Waals surface area contributed by atoms with Crippen LogP contribution in [0.1, 0.15) is 17.2 Å². The number of aromatic nitrogens is 1. The van der Waals surface area contributed by atoms with Gasteiger partial charge in [0.15, 0.2) is 16.6 Å². The van der Waals surface area contributed by atoms with Crippen LogP contribution < -0.4 is 19.1 Å². The molecule has 5 rings (SSSR count). The Kier molecular flexibility index (Phi) is 6.26. The lowest BCUT2D eigenvalue weighted by Gasteiger charge is -2.23. The van der Waals surface area contributed by atoms with Crippen LogP contribution in [0.15, 0.2) is 66.2 Å². The van der Waals surface area contributed by atoms with E-state index < -0.39 is 29.3 Å². The third-order valence-electron chi connectivity index (χ3n) is 6.08. The summed E-state index contributed by atoms with van der Waals surface area (Å²) >= 11 is 1.21. The number of carbonyl (C=O) groups excluding carboxylic acids is 2. The van der Waals surface area contributed by atoms with E-state index in [0.29, 0.717) is 28.3 Å². The molecule has 1 aromatic heterocycles. The van der Waals surface area contributed by atoms with Crippen molar-refractivity contribution in [1.29, 1.82) is 0 Å². The Labute approximate surface area is 215 Å². The zero-order valence-corrected chi connectivity index (χ0v) is 20.8. The van der Waals surface area contributed by atoms with E-state index in [1.54, 1.807) is 43.5 Å². The molecule has 1 N–H and O–H groups in total. The highest BCUT2D eigenvalue weighted by molar-refractivity contribution is 7.22. The summed E-state index contributed by atoms with van der Waals surface area (Å²) in [5.74, 6) is -1.22. The molecule has 0 unspecified atom stereocenters. The number of halogens is 1. The lowest BCUT2D eigenvalue weighted by molar-refractivity contribution is -0.132. The molecule has 1 amide bonds. The third-order valence-corrected chi connectivity index (χ3v) is 7.09. The zero-order valence-electron chi connectivity index (χ0n) is 20.0. The summed E-state index contributed by atoms with van der Waals surface area (Å²) in [7, 11) is 4.51. The molecule has 1 aliphatic heterocycles. The number of methoxy groups -OCH3 is 3. The molecule has 37 heavy (non-hydrogen) atoms. The summed E-state index contributed by atoms with van der Waals surface area (Å²) in [4.78, 5) is 32.6. The van der Waals surface area contributed by atoms with Crippen molar-refractivity contribution in [2.24, 2.45) is 0 Å². The van der Waals surface area contributed by atoms with Crippen LogP contribution in [0, 0.1) is 5.82 Å². The van der Waals surface area contributed by atoms with Crippen LogP contribution in [-0.4, -0.2) is 43.1 Å². The van der Waals surface area contributed by atoms with Crippen LogP contribution >= 0.6 is 11.3 Å². The number of Topliss-reactive ketones (excluding diaryl/α,β-unsaturated/α-hetero) is 1. The molecule has 0 radical (unpaired) electrons. The molecule has 1 fully saturated rings.